The van der Waals surface area contributed by atoms with Crippen LogP contribution in [0, 0.1) is 17.0 Å². The zero-order chi connectivity index (χ0) is 17.4. The van der Waals surface area contributed by atoms with Gasteiger partial charge in [-0.3, -0.25) is 10.1 Å². The molecule has 1 aromatic heterocycles. The Morgan fingerprint density at radius 2 is 1.83 bits per heavy atom. The lowest BCUT2D eigenvalue weighted by molar-refractivity contribution is -0.483. The van der Waals surface area contributed by atoms with E-state index in [2.05, 4.69) is 31.0 Å². The molecule has 2 aromatic rings. The van der Waals surface area contributed by atoms with Crippen LogP contribution >= 0.6 is 0 Å². The van der Waals surface area contributed by atoms with E-state index in [1.807, 2.05) is 12.3 Å². The monoisotopic (exact) mass is 330 g/mol. The lowest BCUT2D eigenvalue weighted by atomic mass is 9.92. The highest BCUT2D eigenvalue weighted by molar-refractivity contribution is 5.86. The Morgan fingerprint density at radius 3 is 2.54 bits per heavy atom. The molecule has 0 spiro atoms. The van der Waals surface area contributed by atoms with E-state index in [0.29, 0.717) is 0 Å². The number of aromatic amines is 1. The molecule has 1 N–H and O–H groups in total. The first-order valence-electron chi connectivity index (χ1n) is 9.32. The van der Waals surface area contributed by atoms with Gasteiger partial charge < -0.3 is 4.98 Å². The van der Waals surface area contributed by atoms with E-state index in [1.165, 1.54) is 44.1 Å². The number of nitro groups is 1. The Kier molecular flexibility index (Phi) is 7.29. The third-order valence-corrected chi connectivity index (χ3v) is 4.92. The number of H-pyrrole nitrogens is 1. The first-order chi connectivity index (χ1) is 11.6. The highest BCUT2D eigenvalue weighted by Gasteiger charge is 2.21. The number of hydrogen-bond acceptors (Lipinski definition) is 2. The van der Waals surface area contributed by atoms with Crippen LogP contribution in [-0.2, 0) is 0 Å². The van der Waals surface area contributed by atoms with Crippen LogP contribution in [0.4, 0.5) is 0 Å². The number of unbranched alkanes of at least 4 members (excludes halogenated alkanes) is 6. The van der Waals surface area contributed by atoms with E-state index in [9.17, 15) is 10.1 Å². The minimum absolute atomic E-state index is 0.00573. The minimum atomic E-state index is -0.166. The van der Waals surface area contributed by atoms with Crippen molar-refractivity contribution in [2.75, 3.05) is 6.54 Å². The molecular weight excluding hydrogens is 300 g/mol. The average molecular weight is 330 g/mol. The summed E-state index contributed by atoms with van der Waals surface area (Å²) in [6, 6.07) is 6.18. The molecule has 1 heterocycles. The second-order valence-electron chi connectivity index (χ2n) is 6.86. The summed E-state index contributed by atoms with van der Waals surface area (Å²) in [6.07, 6.45) is 11.6. The topological polar surface area (TPSA) is 58.9 Å². The van der Waals surface area contributed by atoms with Gasteiger partial charge in [0.2, 0.25) is 6.54 Å². The van der Waals surface area contributed by atoms with Gasteiger partial charge in [0.25, 0.3) is 0 Å². The number of fused-ring (bicyclic) bond motifs is 1. The molecule has 0 radical (unpaired) electrons. The maximum absolute atomic E-state index is 11.1. The largest absolute Gasteiger partial charge is 0.361 e. The normalized spacial score (nSPS) is 12.6. The Balaban J connectivity index is 1.97. The zero-order valence-electron chi connectivity index (χ0n) is 15.0. The maximum atomic E-state index is 11.1. The van der Waals surface area contributed by atoms with Gasteiger partial charge in [0, 0.05) is 22.0 Å². The summed E-state index contributed by atoms with van der Waals surface area (Å²) in [4.78, 5) is 14.3. The van der Waals surface area contributed by atoms with Crippen molar-refractivity contribution in [1.29, 1.82) is 0 Å². The molecular formula is C20H30N2O2. The number of hydrogen-bond donors (Lipinski definition) is 1. The lowest BCUT2D eigenvalue weighted by Gasteiger charge is -2.12. The van der Waals surface area contributed by atoms with Crippen molar-refractivity contribution >= 4 is 10.9 Å². The fourth-order valence-electron chi connectivity index (χ4n) is 3.54. The number of nitrogens with one attached hydrogen (secondary N) is 1. The number of aromatic nitrogens is 1. The fourth-order valence-corrected chi connectivity index (χ4v) is 3.54. The van der Waals surface area contributed by atoms with Gasteiger partial charge in [-0.2, -0.15) is 0 Å². The van der Waals surface area contributed by atoms with Gasteiger partial charge in [0.05, 0.1) is 5.92 Å². The van der Waals surface area contributed by atoms with Crippen LogP contribution in [0.1, 0.15) is 75.3 Å². The Morgan fingerprint density at radius 1 is 1.12 bits per heavy atom. The molecule has 0 unspecified atom stereocenters. The molecule has 1 atom stereocenters. The number of rotatable bonds is 11. The van der Waals surface area contributed by atoms with Gasteiger partial charge in [-0.05, 0) is 24.5 Å². The van der Waals surface area contributed by atoms with Gasteiger partial charge in [-0.15, -0.1) is 0 Å². The third-order valence-electron chi connectivity index (χ3n) is 4.92. The van der Waals surface area contributed by atoms with E-state index in [1.54, 1.807) is 0 Å². The first-order valence-corrected chi connectivity index (χ1v) is 9.32. The average Bonchev–Trinajstić information content (AvgIpc) is 2.98. The smallest absolute Gasteiger partial charge is 0.210 e. The standard InChI is InChI=1S/C20H30N2O2/c1-3-4-5-6-7-8-9-12-17(15-22(23)24)19-14-21-20-16(2)11-10-13-18(19)20/h10-11,13-14,17,21H,3-9,12,15H2,1-2H3/t17-/m1/s1. The van der Waals surface area contributed by atoms with Crippen LogP contribution < -0.4 is 0 Å². The number of benzene rings is 1. The second kappa shape index (κ2) is 9.45. The molecule has 2 rings (SSSR count). The predicted octanol–water partition coefficient (Wildman–Crippen LogP) is 5.98. The van der Waals surface area contributed by atoms with Gasteiger partial charge in [-0.1, -0.05) is 70.1 Å². The molecule has 0 saturated carbocycles. The zero-order valence-corrected chi connectivity index (χ0v) is 15.0. The van der Waals surface area contributed by atoms with Crippen LogP contribution in [0.25, 0.3) is 10.9 Å². The van der Waals surface area contributed by atoms with Gasteiger partial charge in [-0.25, -0.2) is 0 Å². The first kappa shape index (κ1) is 18.5. The number of nitrogens with zero attached hydrogens (tertiary/aromatic N) is 1. The highest BCUT2D eigenvalue weighted by Crippen LogP contribution is 2.31. The summed E-state index contributed by atoms with van der Waals surface area (Å²) in [5.74, 6) is 0.00573. The summed E-state index contributed by atoms with van der Waals surface area (Å²) in [6.45, 7) is 4.32. The summed E-state index contributed by atoms with van der Waals surface area (Å²) in [7, 11) is 0. The van der Waals surface area contributed by atoms with Crippen molar-refractivity contribution in [3.63, 3.8) is 0 Å². The summed E-state index contributed by atoms with van der Waals surface area (Å²) >= 11 is 0. The van der Waals surface area contributed by atoms with E-state index in [4.69, 9.17) is 0 Å². The van der Waals surface area contributed by atoms with Crippen LogP contribution in [0.2, 0.25) is 0 Å². The molecule has 4 heteroatoms. The van der Waals surface area contributed by atoms with Crippen LogP contribution in [0.15, 0.2) is 24.4 Å². The van der Waals surface area contributed by atoms with Crippen molar-refractivity contribution in [3.05, 3.63) is 45.6 Å². The molecule has 4 nitrogen and oxygen atoms in total. The molecule has 132 valence electrons. The van der Waals surface area contributed by atoms with Crippen molar-refractivity contribution < 1.29 is 4.92 Å². The Labute approximate surface area is 144 Å². The quantitative estimate of drug-likeness (QED) is 0.313. The van der Waals surface area contributed by atoms with Crippen LogP contribution in [-0.4, -0.2) is 16.5 Å². The molecule has 1 aromatic carbocycles. The van der Waals surface area contributed by atoms with E-state index in [0.717, 1.165) is 29.3 Å². The lowest BCUT2D eigenvalue weighted by Crippen LogP contribution is -2.12. The fraction of sp³-hybridized carbons (Fsp3) is 0.600. The summed E-state index contributed by atoms with van der Waals surface area (Å²) < 4.78 is 0. The third kappa shape index (κ3) is 5.08. The molecule has 0 aliphatic heterocycles. The van der Waals surface area contributed by atoms with Crippen LogP contribution in [0.5, 0.6) is 0 Å². The van der Waals surface area contributed by atoms with Crippen molar-refractivity contribution in [1.82, 2.24) is 4.98 Å². The van der Waals surface area contributed by atoms with E-state index < -0.39 is 0 Å². The van der Waals surface area contributed by atoms with Crippen molar-refractivity contribution in [2.24, 2.45) is 0 Å². The molecule has 0 aliphatic rings. The van der Waals surface area contributed by atoms with Crippen molar-refractivity contribution in [2.45, 2.75) is 71.1 Å². The molecule has 0 bridgehead atoms. The van der Waals surface area contributed by atoms with Gasteiger partial charge in [0.15, 0.2) is 0 Å². The van der Waals surface area contributed by atoms with Gasteiger partial charge >= 0.3 is 0 Å². The summed E-state index contributed by atoms with van der Waals surface area (Å²) in [5, 5.41) is 12.3. The Hall–Kier alpha value is -1.84. The SMILES string of the molecule is CCCCCCCCC[C@H](C[N+](=O)[O-])c1c[nH]c2c(C)cccc12. The number of aryl methyl sites for hydroxylation is 1. The van der Waals surface area contributed by atoms with E-state index >= 15 is 0 Å². The molecule has 0 amide bonds. The van der Waals surface area contributed by atoms with Crippen molar-refractivity contribution in [3.8, 4) is 0 Å². The maximum Gasteiger partial charge on any atom is 0.210 e. The molecule has 24 heavy (non-hydrogen) atoms. The Bertz CT molecular complexity index is 648. The molecule has 0 saturated heterocycles. The minimum Gasteiger partial charge on any atom is -0.361 e. The molecule has 0 aliphatic carbocycles. The number of para-hydroxylation sites is 1. The summed E-state index contributed by atoms with van der Waals surface area (Å²) in [5.41, 5.74) is 3.41. The van der Waals surface area contributed by atoms with E-state index in [-0.39, 0.29) is 17.4 Å². The molecule has 0 fully saturated rings. The van der Waals surface area contributed by atoms with Crippen LogP contribution in [0.3, 0.4) is 0 Å². The predicted molar refractivity (Wildman–Crippen MR) is 100 cm³/mol. The highest BCUT2D eigenvalue weighted by atomic mass is 16.6. The second-order valence-corrected chi connectivity index (χ2v) is 6.86. The van der Waals surface area contributed by atoms with Gasteiger partial charge in [0.1, 0.15) is 0 Å².